The van der Waals surface area contributed by atoms with Gasteiger partial charge in [-0.05, 0) is 32.6 Å². The van der Waals surface area contributed by atoms with E-state index in [2.05, 4.69) is 4.90 Å². The Balaban J connectivity index is 1.58. The minimum absolute atomic E-state index is 0.0110. The lowest BCUT2D eigenvalue weighted by Crippen LogP contribution is -2.33. The van der Waals surface area contributed by atoms with Gasteiger partial charge in [0.2, 0.25) is 0 Å². The Bertz CT molecular complexity index is 214. The zero-order chi connectivity index (χ0) is 11.4. The van der Waals surface area contributed by atoms with Crippen LogP contribution in [0, 0.1) is 0 Å². The summed E-state index contributed by atoms with van der Waals surface area (Å²) >= 11 is 0. The first kappa shape index (κ1) is 12.3. The van der Waals surface area contributed by atoms with Crippen LogP contribution in [0.15, 0.2) is 0 Å². The molecule has 2 saturated heterocycles. The number of aliphatic hydroxyl groups is 1. The van der Waals surface area contributed by atoms with E-state index in [4.69, 9.17) is 9.47 Å². The van der Waals surface area contributed by atoms with Crippen molar-refractivity contribution in [2.75, 3.05) is 32.8 Å². The Morgan fingerprint density at radius 1 is 1.50 bits per heavy atom. The predicted octanol–water partition coefficient (Wildman–Crippen LogP) is 0.986. The number of β-amino-alcohol motifs (C(OH)–C–C–N with tert-alkyl or cyclic N) is 1. The van der Waals surface area contributed by atoms with Crippen molar-refractivity contribution in [3.05, 3.63) is 0 Å². The zero-order valence-electron chi connectivity index (χ0n) is 10.2. The Kier molecular flexibility index (Phi) is 4.19. The van der Waals surface area contributed by atoms with E-state index in [0.717, 1.165) is 45.5 Å². The van der Waals surface area contributed by atoms with E-state index >= 15 is 0 Å². The second-order valence-electron chi connectivity index (χ2n) is 5.19. The maximum Gasteiger partial charge on any atom is 0.157 e. The van der Waals surface area contributed by atoms with Crippen LogP contribution in [0.25, 0.3) is 0 Å². The van der Waals surface area contributed by atoms with Crippen LogP contribution >= 0.6 is 0 Å². The van der Waals surface area contributed by atoms with Crippen LogP contribution in [-0.4, -0.2) is 54.7 Å². The van der Waals surface area contributed by atoms with Gasteiger partial charge in [-0.15, -0.1) is 0 Å². The summed E-state index contributed by atoms with van der Waals surface area (Å²) in [4.78, 5) is 2.25. The highest BCUT2D eigenvalue weighted by atomic mass is 16.7. The molecular weight excluding hydrogens is 206 g/mol. The number of hydrogen-bond acceptors (Lipinski definition) is 4. The van der Waals surface area contributed by atoms with E-state index in [1.807, 2.05) is 6.92 Å². The van der Waals surface area contributed by atoms with Gasteiger partial charge in [0.15, 0.2) is 6.29 Å². The Hall–Kier alpha value is -0.160. The molecule has 0 bridgehead atoms. The number of hydrogen-bond donors (Lipinski definition) is 1. The van der Waals surface area contributed by atoms with E-state index in [9.17, 15) is 5.11 Å². The molecule has 2 heterocycles. The van der Waals surface area contributed by atoms with Gasteiger partial charge >= 0.3 is 0 Å². The molecule has 2 fully saturated rings. The highest BCUT2D eigenvalue weighted by molar-refractivity contribution is 4.85. The first-order chi connectivity index (χ1) is 7.66. The maximum absolute atomic E-state index is 9.81. The van der Waals surface area contributed by atoms with Crippen molar-refractivity contribution < 1.29 is 14.6 Å². The van der Waals surface area contributed by atoms with Gasteiger partial charge < -0.3 is 14.6 Å². The summed E-state index contributed by atoms with van der Waals surface area (Å²) in [7, 11) is 0. The predicted molar refractivity (Wildman–Crippen MR) is 61.2 cm³/mol. The Morgan fingerprint density at radius 2 is 2.38 bits per heavy atom. The van der Waals surface area contributed by atoms with Gasteiger partial charge in [-0.3, -0.25) is 4.90 Å². The van der Waals surface area contributed by atoms with Gasteiger partial charge in [0.25, 0.3) is 0 Å². The number of likely N-dealkylation sites (tertiary alicyclic amines) is 1. The largest absolute Gasteiger partial charge is 0.389 e. The number of nitrogens with zero attached hydrogens (tertiary/aromatic N) is 1. The quantitative estimate of drug-likeness (QED) is 0.780. The first-order valence-electron chi connectivity index (χ1n) is 6.34. The standard InChI is InChI=1S/C12H23NO3/c1-12(14)5-6-13(10-12)7-9-16-11-4-2-3-8-15-11/h11,14H,2-10H2,1H3. The normalized spacial score (nSPS) is 36.8. The lowest BCUT2D eigenvalue weighted by Gasteiger charge is -2.24. The highest BCUT2D eigenvalue weighted by Crippen LogP contribution is 2.20. The lowest BCUT2D eigenvalue weighted by molar-refractivity contribution is -0.164. The van der Waals surface area contributed by atoms with Crippen molar-refractivity contribution in [1.29, 1.82) is 0 Å². The third kappa shape index (κ3) is 3.70. The molecule has 4 heteroatoms. The van der Waals surface area contributed by atoms with Gasteiger partial charge in [-0.2, -0.15) is 0 Å². The zero-order valence-corrected chi connectivity index (χ0v) is 10.2. The molecule has 2 unspecified atom stereocenters. The summed E-state index contributed by atoms with van der Waals surface area (Å²) in [5.41, 5.74) is -0.499. The average Bonchev–Trinajstić information content (AvgIpc) is 2.60. The molecule has 2 aliphatic heterocycles. The van der Waals surface area contributed by atoms with Crippen molar-refractivity contribution in [2.24, 2.45) is 0 Å². The number of rotatable bonds is 4. The van der Waals surface area contributed by atoms with E-state index in [-0.39, 0.29) is 6.29 Å². The first-order valence-corrected chi connectivity index (χ1v) is 6.34. The molecule has 0 aromatic heterocycles. The maximum atomic E-state index is 9.81. The van der Waals surface area contributed by atoms with E-state index in [0.29, 0.717) is 6.61 Å². The fourth-order valence-corrected chi connectivity index (χ4v) is 2.39. The van der Waals surface area contributed by atoms with Crippen LogP contribution in [0.2, 0.25) is 0 Å². The van der Waals surface area contributed by atoms with Crippen molar-refractivity contribution in [3.8, 4) is 0 Å². The monoisotopic (exact) mass is 229 g/mol. The molecule has 94 valence electrons. The molecule has 0 radical (unpaired) electrons. The topological polar surface area (TPSA) is 41.9 Å². The minimum atomic E-state index is -0.499. The fourth-order valence-electron chi connectivity index (χ4n) is 2.39. The molecule has 0 spiro atoms. The molecule has 0 aromatic rings. The van der Waals surface area contributed by atoms with Gasteiger partial charge in [-0.25, -0.2) is 0 Å². The second-order valence-corrected chi connectivity index (χ2v) is 5.19. The number of ether oxygens (including phenoxy) is 2. The van der Waals surface area contributed by atoms with Gasteiger partial charge in [-0.1, -0.05) is 0 Å². The van der Waals surface area contributed by atoms with Gasteiger partial charge in [0.05, 0.1) is 12.2 Å². The summed E-state index contributed by atoms with van der Waals surface area (Å²) in [5.74, 6) is 0. The van der Waals surface area contributed by atoms with Crippen LogP contribution in [-0.2, 0) is 9.47 Å². The second kappa shape index (κ2) is 5.45. The SMILES string of the molecule is CC1(O)CCN(CCOC2CCCCO2)C1. The molecule has 4 nitrogen and oxygen atoms in total. The molecular formula is C12H23NO3. The third-order valence-electron chi connectivity index (χ3n) is 3.38. The highest BCUT2D eigenvalue weighted by Gasteiger charge is 2.30. The van der Waals surface area contributed by atoms with Crippen molar-refractivity contribution in [3.63, 3.8) is 0 Å². The van der Waals surface area contributed by atoms with Gasteiger partial charge in [0.1, 0.15) is 0 Å². The molecule has 0 aliphatic carbocycles. The summed E-state index contributed by atoms with van der Waals surface area (Å²) in [6.07, 6.45) is 4.28. The average molecular weight is 229 g/mol. The summed E-state index contributed by atoms with van der Waals surface area (Å²) in [5, 5.41) is 9.81. The molecule has 2 atom stereocenters. The summed E-state index contributed by atoms with van der Waals surface area (Å²) in [6.45, 7) is 6.09. The molecule has 0 saturated carbocycles. The lowest BCUT2D eigenvalue weighted by atomic mass is 10.1. The Morgan fingerprint density at radius 3 is 3.00 bits per heavy atom. The van der Waals surface area contributed by atoms with Crippen molar-refractivity contribution in [2.45, 2.75) is 44.5 Å². The summed E-state index contributed by atoms with van der Waals surface area (Å²) < 4.78 is 11.2. The molecule has 0 aromatic carbocycles. The van der Waals surface area contributed by atoms with Crippen LogP contribution < -0.4 is 0 Å². The molecule has 0 amide bonds. The van der Waals surface area contributed by atoms with Crippen LogP contribution in [0.3, 0.4) is 0 Å². The molecule has 16 heavy (non-hydrogen) atoms. The van der Waals surface area contributed by atoms with Crippen LogP contribution in [0.4, 0.5) is 0 Å². The van der Waals surface area contributed by atoms with Crippen LogP contribution in [0.1, 0.15) is 32.6 Å². The Labute approximate surface area is 97.5 Å². The fraction of sp³-hybridized carbons (Fsp3) is 1.00. The minimum Gasteiger partial charge on any atom is -0.389 e. The van der Waals surface area contributed by atoms with E-state index < -0.39 is 5.60 Å². The molecule has 2 rings (SSSR count). The van der Waals surface area contributed by atoms with Crippen molar-refractivity contribution in [1.82, 2.24) is 4.90 Å². The smallest absolute Gasteiger partial charge is 0.157 e. The molecule has 2 aliphatic rings. The van der Waals surface area contributed by atoms with Gasteiger partial charge in [0, 0.05) is 26.2 Å². The van der Waals surface area contributed by atoms with Crippen molar-refractivity contribution >= 4 is 0 Å². The summed E-state index contributed by atoms with van der Waals surface area (Å²) in [6, 6.07) is 0. The third-order valence-corrected chi connectivity index (χ3v) is 3.38. The van der Waals surface area contributed by atoms with E-state index in [1.54, 1.807) is 0 Å². The van der Waals surface area contributed by atoms with Crippen LogP contribution in [0.5, 0.6) is 0 Å². The molecule has 1 N–H and O–H groups in total. The van der Waals surface area contributed by atoms with E-state index in [1.165, 1.54) is 6.42 Å².